The zero-order valence-corrected chi connectivity index (χ0v) is 16.2. The van der Waals surface area contributed by atoms with E-state index in [9.17, 15) is 4.79 Å². The summed E-state index contributed by atoms with van der Waals surface area (Å²) in [5, 5.41) is 5.98. The maximum atomic E-state index is 12.4. The van der Waals surface area contributed by atoms with Gasteiger partial charge in [0.15, 0.2) is 5.13 Å². The van der Waals surface area contributed by atoms with Crippen molar-refractivity contribution in [2.75, 3.05) is 5.32 Å². The molecule has 1 N–H and O–H groups in total. The lowest BCUT2D eigenvalue weighted by Gasteiger charge is -2.05. The highest BCUT2D eigenvalue weighted by Crippen LogP contribution is 2.26. The number of aromatic nitrogens is 1. The Bertz CT molecular complexity index is 1080. The van der Waals surface area contributed by atoms with Crippen LogP contribution in [-0.2, 0) is 6.42 Å². The van der Waals surface area contributed by atoms with Crippen molar-refractivity contribution in [3.8, 4) is 0 Å². The van der Waals surface area contributed by atoms with Gasteiger partial charge in [-0.1, -0.05) is 54.6 Å². The second-order valence-corrected chi connectivity index (χ2v) is 7.85. The summed E-state index contributed by atoms with van der Waals surface area (Å²) in [6.07, 6.45) is 2.63. The second-order valence-electron chi connectivity index (χ2n) is 5.88. The molecule has 0 spiro atoms. The first-order valence-electron chi connectivity index (χ1n) is 8.18. The van der Waals surface area contributed by atoms with Crippen LogP contribution < -0.4 is 5.32 Å². The fraction of sp³-hybridized carbons (Fsp3) is 0.0476. The van der Waals surface area contributed by atoms with Gasteiger partial charge < -0.3 is 0 Å². The van der Waals surface area contributed by atoms with Crippen LogP contribution >= 0.6 is 27.3 Å². The average molecular weight is 423 g/mol. The fourth-order valence-corrected chi connectivity index (χ4v) is 4.19. The van der Waals surface area contributed by atoms with E-state index in [1.165, 1.54) is 27.7 Å². The number of nitrogens with one attached hydrogen (secondary N) is 1. The Morgan fingerprint density at radius 2 is 1.77 bits per heavy atom. The van der Waals surface area contributed by atoms with Gasteiger partial charge in [0.1, 0.15) is 0 Å². The van der Waals surface area contributed by atoms with Crippen molar-refractivity contribution in [3.63, 3.8) is 0 Å². The van der Waals surface area contributed by atoms with Crippen LogP contribution in [-0.4, -0.2) is 10.9 Å². The van der Waals surface area contributed by atoms with Gasteiger partial charge in [-0.25, -0.2) is 4.98 Å². The van der Waals surface area contributed by atoms with Crippen LogP contribution in [0.4, 0.5) is 5.13 Å². The predicted molar refractivity (Wildman–Crippen MR) is 111 cm³/mol. The Balaban J connectivity index is 1.53. The molecule has 0 saturated heterocycles. The van der Waals surface area contributed by atoms with Crippen LogP contribution in [0.25, 0.3) is 10.8 Å². The van der Waals surface area contributed by atoms with Crippen molar-refractivity contribution in [2.24, 2.45) is 0 Å². The topological polar surface area (TPSA) is 42.0 Å². The summed E-state index contributed by atoms with van der Waals surface area (Å²) >= 11 is 4.91. The summed E-state index contributed by atoms with van der Waals surface area (Å²) in [6.45, 7) is 0. The highest BCUT2D eigenvalue weighted by Gasteiger charge is 2.12. The monoisotopic (exact) mass is 422 g/mol. The van der Waals surface area contributed by atoms with Crippen molar-refractivity contribution in [2.45, 2.75) is 6.42 Å². The molecule has 0 aliphatic carbocycles. The molecule has 0 saturated carbocycles. The van der Waals surface area contributed by atoms with E-state index in [0.29, 0.717) is 10.7 Å². The molecule has 3 nitrogen and oxygen atoms in total. The lowest BCUT2D eigenvalue weighted by atomic mass is 10.0. The first kappa shape index (κ1) is 16.9. The van der Waals surface area contributed by atoms with Crippen LogP contribution in [0, 0.1) is 0 Å². The maximum Gasteiger partial charge on any atom is 0.258 e. The summed E-state index contributed by atoms with van der Waals surface area (Å²) in [4.78, 5) is 17.9. The van der Waals surface area contributed by atoms with Crippen molar-refractivity contribution < 1.29 is 4.79 Å². The van der Waals surface area contributed by atoms with E-state index in [2.05, 4.69) is 62.6 Å². The molecule has 128 valence electrons. The normalized spacial score (nSPS) is 10.8. The molecule has 1 amide bonds. The van der Waals surface area contributed by atoms with Gasteiger partial charge in [0.05, 0.1) is 5.56 Å². The fourth-order valence-electron chi connectivity index (χ4n) is 2.89. The number of nitrogens with zero attached hydrogens (tertiary/aromatic N) is 1. The summed E-state index contributed by atoms with van der Waals surface area (Å²) in [6, 6.07) is 22.1. The Hall–Kier alpha value is -2.50. The summed E-state index contributed by atoms with van der Waals surface area (Å²) in [5.41, 5.74) is 1.86. The number of rotatable bonds is 4. The van der Waals surface area contributed by atoms with Crippen LogP contribution in [0.1, 0.15) is 20.8 Å². The van der Waals surface area contributed by atoms with Crippen molar-refractivity contribution in [1.82, 2.24) is 4.98 Å². The summed E-state index contributed by atoms with van der Waals surface area (Å²) < 4.78 is 0.769. The van der Waals surface area contributed by atoms with E-state index >= 15 is 0 Å². The first-order chi connectivity index (χ1) is 12.7. The van der Waals surface area contributed by atoms with Gasteiger partial charge in [0.25, 0.3) is 5.91 Å². The zero-order valence-electron chi connectivity index (χ0n) is 13.8. The largest absolute Gasteiger partial charge is 0.298 e. The number of thiazole rings is 1. The summed E-state index contributed by atoms with van der Waals surface area (Å²) in [5.74, 6) is -0.163. The molecule has 0 fully saturated rings. The molecular weight excluding hydrogens is 408 g/mol. The van der Waals surface area contributed by atoms with Crippen molar-refractivity contribution in [3.05, 3.63) is 93.4 Å². The van der Waals surface area contributed by atoms with Crippen LogP contribution in [0.2, 0.25) is 0 Å². The predicted octanol–water partition coefficient (Wildman–Crippen LogP) is 5.90. The molecular formula is C21H15BrN2OS. The van der Waals surface area contributed by atoms with Gasteiger partial charge in [0.2, 0.25) is 0 Å². The number of amides is 1. The third kappa shape index (κ3) is 3.54. The quantitative estimate of drug-likeness (QED) is 0.444. The molecule has 0 aliphatic heterocycles. The standard InChI is InChI=1S/C21H15BrN2OS/c22-19-11-4-3-10-18(19)20(25)24-21-23-13-16(26-21)12-15-8-5-7-14-6-1-2-9-17(14)15/h1-11,13H,12H2,(H,23,24,25). The molecule has 0 bridgehead atoms. The van der Waals surface area contributed by atoms with Crippen molar-refractivity contribution in [1.29, 1.82) is 0 Å². The van der Waals surface area contributed by atoms with E-state index < -0.39 is 0 Å². The highest BCUT2D eigenvalue weighted by atomic mass is 79.9. The number of hydrogen-bond acceptors (Lipinski definition) is 3. The third-order valence-electron chi connectivity index (χ3n) is 4.14. The number of halogens is 1. The number of carbonyl (C=O) groups excluding carboxylic acids is 1. The molecule has 5 heteroatoms. The maximum absolute atomic E-state index is 12.4. The van der Waals surface area contributed by atoms with E-state index in [0.717, 1.165) is 15.8 Å². The lowest BCUT2D eigenvalue weighted by molar-refractivity contribution is 0.102. The van der Waals surface area contributed by atoms with Gasteiger partial charge >= 0.3 is 0 Å². The second kappa shape index (κ2) is 7.40. The van der Waals surface area contributed by atoms with Crippen LogP contribution in [0.3, 0.4) is 0 Å². The summed E-state index contributed by atoms with van der Waals surface area (Å²) in [7, 11) is 0. The smallest absolute Gasteiger partial charge is 0.258 e. The van der Waals surface area contributed by atoms with Crippen LogP contribution in [0.15, 0.2) is 77.4 Å². The van der Waals surface area contributed by atoms with Gasteiger partial charge in [-0.3, -0.25) is 10.1 Å². The number of benzene rings is 3. The first-order valence-corrected chi connectivity index (χ1v) is 9.79. The molecule has 1 aromatic heterocycles. The molecule has 3 aromatic carbocycles. The number of anilines is 1. The minimum Gasteiger partial charge on any atom is -0.298 e. The zero-order chi connectivity index (χ0) is 17.9. The number of carbonyl (C=O) groups is 1. The minimum atomic E-state index is -0.163. The molecule has 1 heterocycles. The molecule has 0 unspecified atom stereocenters. The van der Waals surface area contributed by atoms with E-state index in [4.69, 9.17) is 0 Å². The third-order valence-corrected chi connectivity index (χ3v) is 5.74. The van der Waals surface area contributed by atoms with E-state index in [1.807, 2.05) is 30.5 Å². The molecule has 0 aliphatic rings. The Labute approximate surface area is 163 Å². The number of hydrogen-bond donors (Lipinski definition) is 1. The number of fused-ring (bicyclic) bond motifs is 1. The molecule has 0 radical (unpaired) electrons. The van der Waals surface area contributed by atoms with Crippen molar-refractivity contribution >= 4 is 49.1 Å². The minimum absolute atomic E-state index is 0.163. The Kier molecular flexibility index (Phi) is 4.82. The Morgan fingerprint density at radius 1 is 1.00 bits per heavy atom. The molecule has 0 atom stereocenters. The molecule has 26 heavy (non-hydrogen) atoms. The van der Waals surface area contributed by atoms with Gasteiger partial charge in [-0.15, -0.1) is 11.3 Å². The lowest BCUT2D eigenvalue weighted by Crippen LogP contribution is -2.12. The van der Waals surface area contributed by atoms with Crippen LogP contribution in [0.5, 0.6) is 0 Å². The highest BCUT2D eigenvalue weighted by molar-refractivity contribution is 9.10. The molecule has 4 aromatic rings. The van der Waals surface area contributed by atoms with Gasteiger partial charge in [-0.05, 0) is 44.4 Å². The average Bonchev–Trinajstić information content (AvgIpc) is 3.09. The van der Waals surface area contributed by atoms with Gasteiger partial charge in [0, 0.05) is 22.0 Å². The van der Waals surface area contributed by atoms with Gasteiger partial charge in [-0.2, -0.15) is 0 Å². The van der Waals surface area contributed by atoms with E-state index in [1.54, 1.807) is 6.07 Å². The SMILES string of the molecule is O=C(Nc1ncc(Cc2cccc3ccccc23)s1)c1ccccc1Br. The molecule has 4 rings (SSSR count). The Morgan fingerprint density at radius 3 is 2.65 bits per heavy atom. The van der Waals surface area contributed by atoms with E-state index in [-0.39, 0.29) is 5.91 Å².